The number of aromatic nitrogens is 1. The van der Waals surface area contributed by atoms with Crippen molar-refractivity contribution < 1.29 is 14.6 Å². The Hall–Kier alpha value is -1.58. The first-order chi connectivity index (χ1) is 7.13. The zero-order valence-corrected chi connectivity index (χ0v) is 9.57. The first-order valence-corrected chi connectivity index (χ1v) is 4.85. The number of hydrogen-bond donors (Lipinski definition) is 1. The van der Waals surface area contributed by atoms with Crippen LogP contribution in [0.3, 0.4) is 0 Å². The van der Waals surface area contributed by atoms with Gasteiger partial charge in [0, 0.05) is 6.20 Å². The number of carboxylic acids is 1. The quantitative estimate of drug-likeness (QED) is 0.831. The smallest absolute Gasteiger partial charge is 0.307 e. The fraction of sp³-hybridized carbons (Fsp3) is 0.455. The van der Waals surface area contributed by atoms with Crippen LogP contribution in [0.4, 0.5) is 0 Å². The third-order valence-electron chi connectivity index (χ3n) is 1.67. The second-order valence-electron chi connectivity index (χ2n) is 2.70. The molecule has 0 amide bonds. The summed E-state index contributed by atoms with van der Waals surface area (Å²) in [5.74, 6) is -0.244. The molecule has 84 valence electrons. The Morgan fingerprint density at radius 1 is 1.53 bits per heavy atom. The van der Waals surface area contributed by atoms with Crippen molar-refractivity contribution in [3.8, 4) is 5.75 Å². The maximum absolute atomic E-state index is 10.4. The summed E-state index contributed by atoms with van der Waals surface area (Å²) >= 11 is 0. The van der Waals surface area contributed by atoms with Gasteiger partial charge in [-0.05, 0) is 18.6 Å². The number of aliphatic carboxylic acids is 1. The van der Waals surface area contributed by atoms with Gasteiger partial charge in [0.2, 0.25) is 0 Å². The molecule has 0 unspecified atom stereocenters. The van der Waals surface area contributed by atoms with Crippen LogP contribution in [0, 0.1) is 6.92 Å². The zero-order chi connectivity index (χ0) is 11.8. The molecular formula is C11H17NO3. The van der Waals surface area contributed by atoms with Crippen LogP contribution < -0.4 is 4.74 Å². The summed E-state index contributed by atoms with van der Waals surface area (Å²) in [4.78, 5) is 14.4. The molecule has 0 saturated heterocycles. The van der Waals surface area contributed by atoms with Crippen LogP contribution in [0.5, 0.6) is 5.75 Å². The lowest BCUT2D eigenvalue weighted by molar-refractivity contribution is -0.136. The van der Waals surface area contributed by atoms with E-state index in [1.165, 1.54) is 7.11 Å². The number of nitrogens with zero attached hydrogens (tertiary/aromatic N) is 1. The molecule has 0 saturated carbocycles. The number of carbonyl (C=O) groups is 1. The van der Waals surface area contributed by atoms with Crippen molar-refractivity contribution in [2.75, 3.05) is 7.11 Å². The SMILES string of the molecule is CC.COc1cc(CC(=O)O)cnc1C. The molecule has 0 aliphatic heterocycles. The fourth-order valence-corrected chi connectivity index (χ4v) is 1.03. The van der Waals surface area contributed by atoms with Gasteiger partial charge < -0.3 is 9.84 Å². The van der Waals surface area contributed by atoms with Gasteiger partial charge in [-0.1, -0.05) is 13.8 Å². The molecule has 1 N–H and O–H groups in total. The van der Waals surface area contributed by atoms with Gasteiger partial charge >= 0.3 is 5.97 Å². The molecule has 1 rings (SSSR count). The maximum Gasteiger partial charge on any atom is 0.307 e. The van der Waals surface area contributed by atoms with Crippen LogP contribution in [-0.4, -0.2) is 23.2 Å². The number of pyridine rings is 1. The van der Waals surface area contributed by atoms with Gasteiger partial charge in [-0.2, -0.15) is 0 Å². The van der Waals surface area contributed by atoms with E-state index in [2.05, 4.69) is 4.98 Å². The van der Waals surface area contributed by atoms with Crippen LogP contribution in [0.15, 0.2) is 12.3 Å². The summed E-state index contributed by atoms with van der Waals surface area (Å²) in [5.41, 5.74) is 1.41. The second-order valence-corrected chi connectivity index (χ2v) is 2.70. The van der Waals surface area contributed by atoms with Crippen molar-refractivity contribution in [3.63, 3.8) is 0 Å². The second kappa shape index (κ2) is 6.81. The minimum Gasteiger partial charge on any atom is -0.495 e. The maximum atomic E-state index is 10.4. The molecule has 0 aliphatic carbocycles. The first kappa shape index (κ1) is 13.4. The summed E-state index contributed by atoms with van der Waals surface area (Å²) in [7, 11) is 1.54. The largest absolute Gasteiger partial charge is 0.495 e. The van der Waals surface area contributed by atoms with E-state index in [4.69, 9.17) is 9.84 Å². The van der Waals surface area contributed by atoms with E-state index >= 15 is 0 Å². The minimum absolute atomic E-state index is 0.0242. The number of rotatable bonds is 3. The third kappa shape index (κ3) is 4.44. The molecule has 4 heteroatoms. The van der Waals surface area contributed by atoms with E-state index < -0.39 is 5.97 Å². The highest BCUT2D eigenvalue weighted by Crippen LogP contribution is 2.16. The van der Waals surface area contributed by atoms with Gasteiger partial charge in [-0.3, -0.25) is 9.78 Å². The lowest BCUT2D eigenvalue weighted by Crippen LogP contribution is -2.01. The van der Waals surface area contributed by atoms with E-state index in [0.717, 1.165) is 5.69 Å². The average Bonchev–Trinajstić information content (AvgIpc) is 2.23. The van der Waals surface area contributed by atoms with E-state index in [1.54, 1.807) is 12.3 Å². The van der Waals surface area contributed by atoms with E-state index in [9.17, 15) is 4.79 Å². The van der Waals surface area contributed by atoms with Crippen LogP contribution >= 0.6 is 0 Å². The number of hydrogen-bond acceptors (Lipinski definition) is 3. The van der Waals surface area contributed by atoms with E-state index in [-0.39, 0.29) is 6.42 Å². The number of ether oxygens (including phenoxy) is 1. The molecule has 15 heavy (non-hydrogen) atoms. The van der Waals surface area contributed by atoms with Crippen LogP contribution in [0.25, 0.3) is 0 Å². The molecule has 1 aromatic rings. The summed E-state index contributed by atoms with van der Waals surface area (Å²) < 4.78 is 5.01. The van der Waals surface area contributed by atoms with Crippen molar-refractivity contribution in [2.24, 2.45) is 0 Å². The number of carboxylic acid groups (broad SMARTS) is 1. The molecule has 0 aromatic carbocycles. The Bertz CT molecular complexity index is 324. The minimum atomic E-state index is -0.868. The molecule has 0 radical (unpaired) electrons. The predicted molar refractivity (Wildman–Crippen MR) is 58.2 cm³/mol. The molecular weight excluding hydrogens is 194 g/mol. The van der Waals surface area contributed by atoms with Gasteiger partial charge in [0.15, 0.2) is 0 Å². The standard InChI is InChI=1S/C9H11NO3.C2H6/c1-6-8(13-2)3-7(5-10-6)4-9(11)12;1-2/h3,5H,4H2,1-2H3,(H,11,12);1-2H3. The Morgan fingerprint density at radius 2 is 2.13 bits per heavy atom. The Balaban J connectivity index is 0.000000921. The van der Waals surface area contributed by atoms with E-state index in [0.29, 0.717) is 11.3 Å². The highest BCUT2D eigenvalue weighted by Gasteiger charge is 2.04. The molecule has 4 nitrogen and oxygen atoms in total. The van der Waals surface area contributed by atoms with Crippen molar-refractivity contribution in [1.82, 2.24) is 4.98 Å². The van der Waals surface area contributed by atoms with Gasteiger partial charge in [-0.25, -0.2) is 0 Å². The predicted octanol–water partition coefficient (Wildman–Crippen LogP) is 2.05. The molecule has 1 aromatic heterocycles. The fourth-order valence-electron chi connectivity index (χ4n) is 1.03. The molecule has 0 spiro atoms. The molecule has 1 heterocycles. The highest BCUT2D eigenvalue weighted by atomic mass is 16.5. The van der Waals surface area contributed by atoms with Crippen LogP contribution in [-0.2, 0) is 11.2 Å². The summed E-state index contributed by atoms with van der Waals surface area (Å²) in [6, 6.07) is 1.69. The first-order valence-electron chi connectivity index (χ1n) is 4.85. The molecule has 0 atom stereocenters. The Kier molecular flexibility index (Phi) is 6.09. The third-order valence-corrected chi connectivity index (χ3v) is 1.67. The normalized spacial score (nSPS) is 8.80. The Morgan fingerprint density at radius 3 is 2.60 bits per heavy atom. The van der Waals surface area contributed by atoms with Gasteiger partial charge in [0.05, 0.1) is 19.2 Å². The molecule has 0 fully saturated rings. The topological polar surface area (TPSA) is 59.4 Å². The average molecular weight is 211 g/mol. The number of methoxy groups -OCH3 is 1. The summed E-state index contributed by atoms with van der Waals surface area (Å²) in [6.07, 6.45) is 1.52. The van der Waals surface area contributed by atoms with Crippen molar-refractivity contribution in [2.45, 2.75) is 27.2 Å². The zero-order valence-electron chi connectivity index (χ0n) is 9.57. The molecule has 0 aliphatic rings. The van der Waals surface area contributed by atoms with Gasteiger partial charge in [0.25, 0.3) is 0 Å². The van der Waals surface area contributed by atoms with Crippen molar-refractivity contribution in [3.05, 3.63) is 23.5 Å². The van der Waals surface area contributed by atoms with Crippen molar-refractivity contribution >= 4 is 5.97 Å². The van der Waals surface area contributed by atoms with Gasteiger partial charge in [-0.15, -0.1) is 0 Å². The molecule has 0 bridgehead atoms. The van der Waals surface area contributed by atoms with Crippen LogP contribution in [0.2, 0.25) is 0 Å². The Labute approximate surface area is 89.9 Å². The summed E-state index contributed by atoms with van der Waals surface area (Å²) in [5, 5.41) is 8.53. The lowest BCUT2D eigenvalue weighted by Gasteiger charge is -2.04. The highest BCUT2D eigenvalue weighted by molar-refractivity contribution is 5.70. The summed E-state index contributed by atoms with van der Waals surface area (Å²) in [6.45, 7) is 5.81. The van der Waals surface area contributed by atoms with E-state index in [1.807, 2.05) is 20.8 Å². The monoisotopic (exact) mass is 211 g/mol. The van der Waals surface area contributed by atoms with Gasteiger partial charge in [0.1, 0.15) is 5.75 Å². The van der Waals surface area contributed by atoms with Crippen molar-refractivity contribution in [1.29, 1.82) is 0 Å². The number of aryl methyl sites for hydroxylation is 1. The lowest BCUT2D eigenvalue weighted by atomic mass is 10.2. The van der Waals surface area contributed by atoms with Crippen LogP contribution in [0.1, 0.15) is 25.1 Å².